The van der Waals surface area contributed by atoms with E-state index in [-0.39, 0.29) is 5.92 Å². The van der Waals surface area contributed by atoms with Crippen LogP contribution in [0.2, 0.25) is 0 Å². The van der Waals surface area contributed by atoms with E-state index in [1.54, 1.807) is 13.8 Å². The largest absolute Gasteiger partial charge is 0.466 e. The molecule has 0 aliphatic carbocycles. The van der Waals surface area contributed by atoms with Crippen molar-refractivity contribution in [1.29, 1.82) is 0 Å². The molecule has 17 heavy (non-hydrogen) atoms. The molecule has 0 aromatic rings. The van der Waals surface area contributed by atoms with Gasteiger partial charge < -0.3 is 14.2 Å². The van der Waals surface area contributed by atoms with Crippen LogP contribution in [0.1, 0.15) is 34.1 Å². The summed E-state index contributed by atoms with van der Waals surface area (Å²) in [7, 11) is 1.23. The summed E-state index contributed by atoms with van der Waals surface area (Å²) in [5, 5.41) is 0. The molecule has 0 radical (unpaired) electrons. The fourth-order valence-corrected chi connectivity index (χ4v) is 2.09. The lowest BCUT2D eigenvalue weighted by molar-refractivity contribution is -0.186. The van der Waals surface area contributed by atoms with Crippen LogP contribution in [0, 0.1) is 5.92 Å². The zero-order valence-corrected chi connectivity index (χ0v) is 11.0. The predicted molar refractivity (Wildman–Crippen MR) is 60.3 cm³/mol. The van der Waals surface area contributed by atoms with Crippen molar-refractivity contribution in [2.24, 2.45) is 5.92 Å². The second-order valence-electron chi connectivity index (χ2n) is 4.83. The van der Waals surface area contributed by atoms with Crippen LogP contribution in [0.4, 0.5) is 0 Å². The summed E-state index contributed by atoms with van der Waals surface area (Å²) in [5.41, 5.74) is -1.65. The highest BCUT2D eigenvalue weighted by Crippen LogP contribution is 2.40. The number of esters is 1. The summed E-state index contributed by atoms with van der Waals surface area (Å²) >= 11 is 0. The van der Waals surface area contributed by atoms with E-state index in [0.717, 1.165) is 6.42 Å². The molecule has 0 saturated carbocycles. The maximum atomic E-state index is 11.8. The van der Waals surface area contributed by atoms with Crippen molar-refractivity contribution >= 4 is 12.3 Å². The molecule has 1 heterocycles. The molecule has 5 heteroatoms. The van der Waals surface area contributed by atoms with Gasteiger partial charge >= 0.3 is 5.97 Å². The fraction of sp³-hybridized carbons (Fsp3) is 0.833. The summed E-state index contributed by atoms with van der Waals surface area (Å²) in [4.78, 5) is 23.2. The summed E-state index contributed by atoms with van der Waals surface area (Å²) in [6, 6.07) is 0. The number of carbonyl (C=O) groups is 2. The summed E-state index contributed by atoms with van der Waals surface area (Å²) in [6.45, 7) is 7.23. The smallest absolute Gasteiger partial charge is 0.348 e. The average molecular weight is 244 g/mol. The van der Waals surface area contributed by atoms with Gasteiger partial charge in [0.25, 0.3) is 0 Å². The molecule has 5 nitrogen and oxygen atoms in total. The van der Waals surface area contributed by atoms with Gasteiger partial charge in [0.2, 0.25) is 5.60 Å². The Balaban J connectivity index is 3.15. The fourth-order valence-electron chi connectivity index (χ4n) is 2.09. The standard InChI is InChI=1S/C12H20O5/c1-6-8(2)9-12(7-13,10(14)15-5)17-11(3,4)16-9/h7-9H,6H2,1-5H3/t8-,9+,12-/m0/s1. The normalized spacial score (nSPS) is 33.1. The van der Waals surface area contributed by atoms with Crippen molar-refractivity contribution in [1.82, 2.24) is 0 Å². The third kappa shape index (κ3) is 2.35. The van der Waals surface area contributed by atoms with Crippen LogP contribution in [0.3, 0.4) is 0 Å². The van der Waals surface area contributed by atoms with Gasteiger partial charge in [0.15, 0.2) is 12.1 Å². The number of methoxy groups -OCH3 is 1. The number of hydrogen-bond acceptors (Lipinski definition) is 5. The summed E-state index contributed by atoms with van der Waals surface area (Å²) in [5.74, 6) is -1.66. The minimum atomic E-state index is -1.65. The molecule has 0 aromatic heterocycles. The van der Waals surface area contributed by atoms with E-state index >= 15 is 0 Å². The Kier molecular flexibility index (Phi) is 3.94. The lowest BCUT2D eigenvalue weighted by atomic mass is 9.87. The van der Waals surface area contributed by atoms with Crippen LogP contribution < -0.4 is 0 Å². The van der Waals surface area contributed by atoms with E-state index in [4.69, 9.17) is 9.47 Å². The molecule has 0 bridgehead atoms. The van der Waals surface area contributed by atoms with Gasteiger partial charge in [-0.3, -0.25) is 4.79 Å². The number of ether oxygens (including phenoxy) is 3. The van der Waals surface area contributed by atoms with Crippen LogP contribution in [0.15, 0.2) is 0 Å². The van der Waals surface area contributed by atoms with E-state index in [9.17, 15) is 9.59 Å². The third-order valence-corrected chi connectivity index (χ3v) is 3.09. The molecule has 0 unspecified atom stereocenters. The first-order valence-corrected chi connectivity index (χ1v) is 5.75. The van der Waals surface area contributed by atoms with Gasteiger partial charge in [-0.25, -0.2) is 4.79 Å². The highest BCUT2D eigenvalue weighted by Gasteiger charge is 2.60. The summed E-state index contributed by atoms with van der Waals surface area (Å²) < 4.78 is 15.9. The molecule has 1 aliphatic heterocycles. The molecule has 0 N–H and O–H groups in total. The van der Waals surface area contributed by atoms with Crippen molar-refractivity contribution < 1.29 is 23.8 Å². The number of aldehydes is 1. The molecule has 1 saturated heterocycles. The highest BCUT2D eigenvalue weighted by atomic mass is 16.8. The van der Waals surface area contributed by atoms with Gasteiger partial charge in [0.05, 0.1) is 7.11 Å². The van der Waals surface area contributed by atoms with Gasteiger partial charge in [-0.1, -0.05) is 20.3 Å². The topological polar surface area (TPSA) is 61.8 Å². The molecule has 0 amide bonds. The molecule has 1 aliphatic rings. The van der Waals surface area contributed by atoms with Crippen LogP contribution in [0.5, 0.6) is 0 Å². The third-order valence-electron chi connectivity index (χ3n) is 3.09. The molecular weight excluding hydrogens is 224 g/mol. The Hall–Kier alpha value is -0.940. The van der Waals surface area contributed by atoms with Crippen LogP contribution in [-0.2, 0) is 23.8 Å². The molecule has 0 aromatic carbocycles. The molecule has 0 spiro atoms. The Bertz CT molecular complexity index is 312. The van der Waals surface area contributed by atoms with Crippen molar-refractivity contribution in [3.8, 4) is 0 Å². The summed E-state index contributed by atoms with van der Waals surface area (Å²) in [6.07, 6.45) is 0.647. The minimum Gasteiger partial charge on any atom is -0.466 e. The van der Waals surface area contributed by atoms with Crippen molar-refractivity contribution in [2.75, 3.05) is 7.11 Å². The Morgan fingerprint density at radius 3 is 2.53 bits per heavy atom. The molecule has 98 valence electrons. The lowest BCUT2D eigenvalue weighted by Crippen LogP contribution is -2.52. The number of rotatable bonds is 4. The number of carbonyl (C=O) groups excluding carboxylic acids is 2. The van der Waals surface area contributed by atoms with Crippen molar-refractivity contribution in [2.45, 2.75) is 51.6 Å². The second-order valence-corrected chi connectivity index (χ2v) is 4.83. The van der Waals surface area contributed by atoms with Crippen LogP contribution in [0.25, 0.3) is 0 Å². The molecular formula is C12H20O5. The Morgan fingerprint density at radius 2 is 2.12 bits per heavy atom. The highest BCUT2D eigenvalue weighted by molar-refractivity contribution is 5.98. The van der Waals surface area contributed by atoms with Gasteiger partial charge in [-0.15, -0.1) is 0 Å². The zero-order chi connectivity index (χ0) is 13.3. The average Bonchev–Trinajstić information content (AvgIpc) is 2.59. The van der Waals surface area contributed by atoms with E-state index in [2.05, 4.69) is 4.74 Å². The van der Waals surface area contributed by atoms with E-state index in [0.29, 0.717) is 6.29 Å². The minimum absolute atomic E-state index is 0.0149. The van der Waals surface area contributed by atoms with Crippen molar-refractivity contribution in [3.05, 3.63) is 0 Å². The quantitative estimate of drug-likeness (QED) is 0.423. The molecule has 3 atom stereocenters. The van der Waals surface area contributed by atoms with Gasteiger partial charge in [0, 0.05) is 0 Å². The van der Waals surface area contributed by atoms with Gasteiger partial charge in [0.1, 0.15) is 6.10 Å². The van der Waals surface area contributed by atoms with E-state index in [1.165, 1.54) is 7.11 Å². The lowest BCUT2D eigenvalue weighted by Gasteiger charge is -2.27. The first-order chi connectivity index (χ1) is 7.83. The number of hydrogen-bond donors (Lipinski definition) is 0. The van der Waals surface area contributed by atoms with Crippen LogP contribution in [-0.4, -0.2) is 36.9 Å². The van der Waals surface area contributed by atoms with Gasteiger partial charge in [-0.2, -0.15) is 0 Å². The monoisotopic (exact) mass is 244 g/mol. The molecule has 1 rings (SSSR count). The Labute approximate surface area is 101 Å². The van der Waals surface area contributed by atoms with Crippen molar-refractivity contribution in [3.63, 3.8) is 0 Å². The Morgan fingerprint density at radius 1 is 1.53 bits per heavy atom. The van der Waals surface area contributed by atoms with E-state index in [1.807, 2.05) is 13.8 Å². The predicted octanol–water partition coefficient (Wildman–Crippen LogP) is 1.29. The second kappa shape index (κ2) is 4.74. The zero-order valence-electron chi connectivity index (χ0n) is 11.0. The van der Waals surface area contributed by atoms with Crippen LogP contribution >= 0.6 is 0 Å². The first-order valence-electron chi connectivity index (χ1n) is 5.75. The molecule has 1 fully saturated rings. The van der Waals surface area contributed by atoms with E-state index < -0.39 is 23.5 Å². The maximum absolute atomic E-state index is 11.8. The first kappa shape index (κ1) is 14.1. The maximum Gasteiger partial charge on any atom is 0.348 e. The van der Waals surface area contributed by atoms with Gasteiger partial charge in [-0.05, 0) is 19.8 Å². The SMILES string of the molecule is CC[C@H](C)[C@H]1OC(C)(C)O[C@]1(C=O)C(=O)OC.